The Morgan fingerprint density at radius 1 is 1.24 bits per heavy atom. The molecule has 0 amide bonds. The van der Waals surface area contributed by atoms with Crippen molar-refractivity contribution in [2.24, 2.45) is 5.92 Å². The van der Waals surface area contributed by atoms with Gasteiger partial charge in [0.2, 0.25) is 0 Å². The molecule has 1 aromatic carbocycles. The molecule has 0 unspecified atom stereocenters. The molecule has 3 rings (SSSR count). The third kappa shape index (κ3) is 4.46. The molecule has 25 heavy (non-hydrogen) atoms. The number of aromatic nitrogens is 2. The third-order valence-electron chi connectivity index (χ3n) is 3.81. The van der Waals surface area contributed by atoms with Gasteiger partial charge in [0.15, 0.2) is 0 Å². The predicted octanol–water partition coefficient (Wildman–Crippen LogP) is 4.19. The van der Waals surface area contributed by atoms with Crippen LogP contribution in [0.4, 0.5) is 5.82 Å². The SMILES string of the molecule is CNc1ccc(-c2nc3ccc(OC[C@H](O)CC(C)C)cc3s2)cn1. The van der Waals surface area contributed by atoms with Gasteiger partial charge in [-0.25, -0.2) is 9.97 Å². The summed E-state index contributed by atoms with van der Waals surface area (Å²) in [6.45, 7) is 4.49. The Morgan fingerprint density at radius 3 is 2.76 bits per heavy atom. The van der Waals surface area contributed by atoms with Crippen molar-refractivity contribution >= 4 is 27.4 Å². The Balaban J connectivity index is 1.74. The zero-order valence-electron chi connectivity index (χ0n) is 14.7. The van der Waals surface area contributed by atoms with Gasteiger partial charge in [-0.2, -0.15) is 0 Å². The van der Waals surface area contributed by atoms with Gasteiger partial charge in [-0.1, -0.05) is 13.8 Å². The highest BCUT2D eigenvalue weighted by Crippen LogP contribution is 2.32. The monoisotopic (exact) mass is 357 g/mol. The molecular formula is C19H23N3O2S. The number of nitrogens with one attached hydrogen (secondary N) is 1. The third-order valence-corrected chi connectivity index (χ3v) is 4.88. The van der Waals surface area contributed by atoms with Crippen LogP contribution in [0.2, 0.25) is 0 Å². The number of fused-ring (bicyclic) bond motifs is 1. The molecule has 6 heteroatoms. The molecule has 3 aromatic rings. The lowest BCUT2D eigenvalue weighted by molar-refractivity contribution is 0.0893. The molecule has 1 atom stereocenters. The molecule has 0 fully saturated rings. The average molecular weight is 357 g/mol. The van der Waals surface area contributed by atoms with E-state index in [-0.39, 0.29) is 0 Å². The Hall–Kier alpha value is -2.18. The van der Waals surface area contributed by atoms with Crippen LogP contribution in [0.5, 0.6) is 5.75 Å². The van der Waals surface area contributed by atoms with Crippen molar-refractivity contribution in [3.05, 3.63) is 36.5 Å². The minimum atomic E-state index is -0.440. The summed E-state index contributed by atoms with van der Waals surface area (Å²) in [6.07, 6.45) is 2.12. The molecule has 0 saturated heterocycles. The van der Waals surface area contributed by atoms with E-state index < -0.39 is 6.10 Å². The lowest BCUT2D eigenvalue weighted by Crippen LogP contribution is -2.19. The largest absolute Gasteiger partial charge is 0.491 e. The zero-order chi connectivity index (χ0) is 17.8. The Bertz CT molecular complexity index is 830. The van der Waals surface area contributed by atoms with E-state index in [0.29, 0.717) is 12.5 Å². The average Bonchev–Trinajstić information content (AvgIpc) is 3.02. The van der Waals surface area contributed by atoms with Gasteiger partial charge in [-0.05, 0) is 42.7 Å². The lowest BCUT2D eigenvalue weighted by atomic mass is 10.1. The zero-order valence-corrected chi connectivity index (χ0v) is 15.5. The van der Waals surface area contributed by atoms with Gasteiger partial charge in [0.05, 0.1) is 16.3 Å². The molecule has 0 aliphatic rings. The predicted molar refractivity (Wildman–Crippen MR) is 103 cm³/mol. The Morgan fingerprint density at radius 2 is 2.08 bits per heavy atom. The second kappa shape index (κ2) is 7.80. The molecule has 0 aliphatic carbocycles. The number of benzene rings is 1. The van der Waals surface area contributed by atoms with Gasteiger partial charge in [-0.3, -0.25) is 0 Å². The summed E-state index contributed by atoms with van der Waals surface area (Å²) in [5.41, 5.74) is 1.93. The summed E-state index contributed by atoms with van der Waals surface area (Å²) in [5, 5.41) is 13.9. The quantitative estimate of drug-likeness (QED) is 0.664. The lowest BCUT2D eigenvalue weighted by Gasteiger charge is -2.14. The van der Waals surface area contributed by atoms with Crippen LogP contribution in [0.25, 0.3) is 20.8 Å². The van der Waals surface area contributed by atoms with E-state index in [1.54, 1.807) is 11.3 Å². The minimum absolute atomic E-state index is 0.310. The second-order valence-corrected chi connectivity index (χ2v) is 7.46. The van der Waals surface area contributed by atoms with E-state index in [1.807, 2.05) is 43.6 Å². The van der Waals surface area contributed by atoms with Gasteiger partial charge in [0, 0.05) is 18.8 Å². The van der Waals surface area contributed by atoms with Gasteiger partial charge >= 0.3 is 0 Å². The van der Waals surface area contributed by atoms with Gasteiger partial charge in [0.25, 0.3) is 0 Å². The summed E-state index contributed by atoms with van der Waals surface area (Å²) in [4.78, 5) is 9.00. The van der Waals surface area contributed by atoms with Crippen molar-refractivity contribution in [1.82, 2.24) is 9.97 Å². The van der Waals surface area contributed by atoms with Crippen LogP contribution < -0.4 is 10.1 Å². The molecule has 2 heterocycles. The molecule has 0 spiro atoms. The number of thiazole rings is 1. The van der Waals surface area contributed by atoms with Crippen LogP contribution in [0.1, 0.15) is 20.3 Å². The number of aliphatic hydroxyl groups is 1. The first-order valence-electron chi connectivity index (χ1n) is 8.41. The number of anilines is 1. The van der Waals surface area contributed by atoms with Crippen molar-refractivity contribution < 1.29 is 9.84 Å². The smallest absolute Gasteiger partial charge is 0.126 e. The summed E-state index contributed by atoms with van der Waals surface area (Å²) in [7, 11) is 1.85. The van der Waals surface area contributed by atoms with E-state index in [2.05, 4.69) is 29.1 Å². The van der Waals surface area contributed by atoms with Crippen LogP contribution in [0.15, 0.2) is 36.5 Å². The molecule has 2 aromatic heterocycles. The first-order chi connectivity index (χ1) is 12.0. The van der Waals surface area contributed by atoms with E-state index in [0.717, 1.165) is 38.8 Å². The van der Waals surface area contributed by atoms with Crippen molar-refractivity contribution in [1.29, 1.82) is 0 Å². The van der Waals surface area contributed by atoms with Crippen molar-refractivity contribution in [3.63, 3.8) is 0 Å². The van der Waals surface area contributed by atoms with Gasteiger partial charge in [0.1, 0.15) is 23.2 Å². The Labute approximate surface area is 151 Å². The number of pyridine rings is 1. The summed E-state index contributed by atoms with van der Waals surface area (Å²) < 4.78 is 6.79. The molecule has 132 valence electrons. The maximum atomic E-state index is 9.94. The first-order valence-corrected chi connectivity index (χ1v) is 9.22. The van der Waals surface area contributed by atoms with Crippen LogP contribution in [0.3, 0.4) is 0 Å². The van der Waals surface area contributed by atoms with E-state index >= 15 is 0 Å². The number of nitrogens with zero attached hydrogens (tertiary/aromatic N) is 2. The highest BCUT2D eigenvalue weighted by atomic mass is 32.1. The normalized spacial score (nSPS) is 12.5. The van der Waals surface area contributed by atoms with Crippen LogP contribution in [-0.2, 0) is 0 Å². The van der Waals surface area contributed by atoms with E-state index in [1.165, 1.54) is 0 Å². The highest BCUT2D eigenvalue weighted by Gasteiger charge is 2.10. The molecular weight excluding hydrogens is 334 g/mol. The van der Waals surface area contributed by atoms with Crippen LogP contribution in [0, 0.1) is 5.92 Å². The van der Waals surface area contributed by atoms with Crippen molar-refractivity contribution in [3.8, 4) is 16.3 Å². The molecule has 0 radical (unpaired) electrons. The summed E-state index contributed by atoms with van der Waals surface area (Å²) >= 11 is 1.61. The van der Waals surface area contributed by atoms with E-state index in [9.17, 15) is 5.11 Å². The summed E-state index contributed by atoms with van der Waals surface area (Å²) in [5.74, 6) is 2.04. The first kappa shape index (κ1) is 17.6. The minimum Gasteiger partial charge on any atom is -0.491 e. The maximum absolute atomic E-state index is 9.94. The van der Waals surface area contributed by atoms with Crippen LogP contribution >= 0.6 is 11.3 Å². The fraction of sp³-hybridized carbons (Fsp3) is 0.368. The number of rotatable bonds is 7. The number of hydrogen-bond donors (Lipinski definition) is 2. The summed E-state index contributed by atoms with van der Waals surface area (Å²) in [6, 6.07) is 9.78. The molecule has 0 bridgehead atoms. The Kier molecular flexibility index (Phi) is 5.50. The van der Waals surface area contributed by atoms with Crippen molar-refractivity contribution in [2.75, 3.05) is 19.0 Å². The van der Waals surface area contributed by atoms with Gasteiger partial charge < -0.3 is 15.2 Å². The standard InChI is InChI=1S/C19H23N3O2S/c1-12(2)8-14(23)11-24-15-5-6-16-17(9-15)25-19(22-16)13-4-7-18(20-3)21-10-13/h4-7,9-10,12,14,23H,8,11H2,1-3H3,(H,20,21)/t14-/m1/s1. The molecule has 0 aliphatic heterocycles. The fourth-order valence-electron chi connectivity index (χ4n) is 2.59. The van der Waals surface area contributed by atoms with E-state index in [4.69, 9.17) is 4.74 Å². The number of ether oxygens (including phenoxy) is 1. The second-order valence-electron chi connectivity index (χ2n) is 6.43. The van der Waals surface area contributed by atoms with Crippen LogP contribution in [-0.4, -0.2) is 34.8 Å². The highest BCUT2D eigenvalue weighted by molar-refractivity contribution is 7.21. The maximum Gasteiger partial charge on any atom is 0.126 e. The molecule has 5 nitrogen and oxygen atoms in total. The number of hydrogen-bond acceptors (Lipinski definition) is 6. The molecule has 0 saturated carbocycles. The fourth-order valence-corrected chi connectivity index (χ4v) is 3.58. The number of aliphatic hydroxyl groups excluding tert-OH is 1. The van der Waals surface area contributed by atoms with Gasteiger partial charge in [-0.15, -0.1) is 11.3 Å². The van der Waals surface area contributed by atoms with Crippen molar-refractivity contribution in [2.45, 2.75) is 26.4 Å². The topological polar surface area (TPSA) is 67.3 Å². The molecule has 2 N–H and O–H groups in total.